The number of nitrogens with two attached hydrogens (primary N) is 1. The predicted molar refractivity (Wildman–Crippen MR) is 105 cm³/mol. The lowest BCUT2D eigenvalue weighted by atomic mass is 9.58. The highest BCUT2D eigenvalue weighted by Crippen LogP contribution is 2.54. The second-order valence-corrected chi connectivity index (χ2v) is 7.41. The van der Waals surface area contributed by atoms with Crippen molar-refractivity contribution in [2.24, 2.45) is 17.1 Å². The van der Waals surface area contributed by atoms with Gasteiger partial charge in [0, 0.05) is 31.5 Å². The maximum Gasteiger partial charge on any atom is 0.191 e. The largest absolute Gasteiger partial charge is 0.472 e. The van der Waals surface area contributed by atoms with E-state index in [1.54, 1.807) is 12.3 Å². The molecule has 0 bridgehead atoms. The Morgan fingerprint density at radius 2 is 1.90 bits per heavy atom. The van der Waals surface area contributed by atoms with Crippen LogP contribution in [0.2, 0.25) is 0 Å². The first kappa shape index (κ1) is 18.6. The number of allylic oxidation sites excluding steroid dienone is 2. The van der Waals surface area contributed by atoms with Crippen LogP contribution in [0.25, 0.3) is 0 Å². The number of hydrogen-bond acceptors (Lipinski definition) is 6. The Hall–Kier alpha value is -3.79. The highest BCUT2D eigenvalue weighted by molar-refractivity contribution is 5.59. The SMILES string of the molecule is N#CC1=C(N)C(C#N)(C#N)[C@@H](c2ccoc2)[C@H]2CN(Cc3ccccc3)CC=C12. The summed E-state index contributed by atoms with van der Waals surface area (Å²) in [4.78, 5) is 2.26. The van der Waals surface area contributed by atoms with E-state index in [9.17, 15) is 15.8 Å². The van der Waals surface area contributed by atoms with Crippen LogP contribution >= 0.6 is 0 Å². The van der Waals surface area contributed by atoms with E-state index in [0.717, 1.165) is 17.7 Å². The second-order valence-electron chi connectivity index (χ2n) is 7.41. The third-order valence-corrected chi connectivity index (χ3v) is 5.89. The Labute approximate surface area is 169 Å². The van der Waals surface area contributed by atoms with Crippen LogP contribution in [0.1, 0.15) is 17.0 Å². The Morgan fingerprint density at radius 3 is 2.52 bits per heavy atom. The lowest BCUT2D eigenvalue weighted by Gasteiger charge is -2.45. The molecule has 2 N–H and O–H groups in total. The van der Waals surface area contributed by atoms with Crippen LogP contribution in [0.15, 0.2) is 76.3 Å². The number of furan rings is 1. The van der Waals surface area contributed by atoms with Crippen LogP contribution in [0.4, 0.5) is 0 Å². The zero-order chi connectivity index (χ0) is 20.4. The Morgan fingerprint density at radius 1 is 1.14 bits per heavy atom. The molecule has 2 atom stereocenters. The van der Waals surface area contributed by atoms with Crippen LogP contribution in [-0.2, 0) is 6.54 Å². The van der Waals surface area contributed by atoms with Gasteiger partial charge in [-0.3, -0.25) is 4.90 Å². The molecule has 2 heterocycles. The number of nitrogens with zero attached hydrogens (tertiary/aromatic N) is 4. The van der Waals surface area contributed by atoms with Crippen LogP contribution < -0.4 is 5.73 Å². The van der Waals surface area contributed by atoms with Crippen LogP contribution in [0.3, 0.4) is 0 Å². The number of fused-ring (bicyclic) bond motifs is 1. The fraction of sp³-hybridized carbons (Fsp3) is 0.261. The summed E-state index contributed by atoms with van der Waals surface area (Å²) in [6.07, 6.45) is 5.10. The van der Waals surface area contributed by atoms with Crippen molar-refractivity contribution >= 4 is 0 Å². The summed E-state index contributed by atoms with van der Waals surface area (Å²) >= 11 is 0. The normalized spacial score (nSPS) is 23.3. The molecule has 0 unspecified atom stereocenters. The van der Waals surface area contributed by atoms with Crippen molar-refractivity contribution < 1.29 is 4.42 Å². The molecule has 6 heteroatoms. The van der Waals surface area contributed by atoms with Gasteiger partial charge in [-0.05, 0) is 22.8 Å². The minimum atomic E-state index is -1.62. The van der Waals surface area contributed by atoms with Crippen molar-refractivity contribution in [2.45, 2.75) is 12.5 Å². The lowest BCUT2D eigenvalue weighted by Crippen LogP contribution is -2.47. The Kier molecular flexibility index (Phi) is 4.69. The van der Waals surface area contributed by atoms with E-state index in [4.69, 9.17) is 10.2 Å². The van der Waals surface area contributed by atoms with E-state index in [0.29, 0.717) is 13.1 Å². The molecule has 1 aliphatic carbocycles. The van der Waals surface area contributed by atoms with Gasteiger partial charge >= 0.3 is 0 Å². The minimum Gasteiger partial charge on any atom is -0.472 e. The van der Waals surface area contributed by atoms with Crippen LogP contribution in [0, 0.1) is 45.3 Å². The second kappa shape index (κ2) is 7.32. The molecule has 2 aromatic rings. The van der Waals surface area contributed by atoms with Crippen molar-refractivity contribution in [3.63, 3.8) is 0 Å². The molecule has 2 aliphatic rings. The van der Waals surface area contributed by atoms with Gasteiger partial charge in [0.25, 0.3) is 0 Å². The highest BCUT2D eigenvalue weighted by atomic mass is 16.3. The first-order valence-corrected chi connectivity index (χ1v) is 9.36. The number of nitriles is 3. The van der Waals surface area contributed by atoms with Gasteiger partial charge < -0.3 is 10.2 Å². The highest BCUT2D eigenvalue weighted by Gasteiger charge is 2.54. The zero-order valence-electron chi connectivity index (χ0n) is 15.7. The molecule has 1 aromatic carbocycles. The third-order valence-electron chi connectivity index (χ3n) is 5.89. The summed E-state index contributed by atoms with van der Waals surface area (Å²) in [5.41, 5.74) is 7.70. The molecule has 0 saturated heterocycles. The quantitative estimate of drug-likeness (QED) is 0.873. The standard InChI is InChI=1S/C23H19N5O/c24-10-19-18-6-8-28(11-16-4-2-1-3-5-16)12-20(18)21(17-7-9-29-13-17)23(14-25,15-26)22(19)27/h1-7,9,13,20-21H,8,11-12,27H2/t20-,21-/m0/s1. The van der Waals surface area contributed by atoms with Gasteiger partial charge in [-0.1, -0.05) is 36.4 Å². The fourth-order valence-corrected chi connectivity index (χ4v) is 4.54. The summed E-state index contributed by atoms with van der Waals surface area (Å²) < 4.78 is 5.27. The number of benzene rings is 1. The van der Waals surface area contributed by atoms with Crippen molar-refractivity contribution in [3.8, 4) is 18.2 Å². The van der Waals surface area contributed by atoms with Gasteiger partial charge in [-0.25, -0.2) is 0 Å². The van der Waals surface area contributed by atoms with Gasteiger partial charge in [0.1, 0.15) is 6.07 Å². The molecule has 0 spiro atoms. The molecular formula is C23H19N5O. The van der Waals surface area contributed by atoms with E-state index in [1.165, 1.54) is 11.8 Å². The van der Waals surface area contributed by atoms with E-state index in [2.05, 4.69) is 35.2 Å². The lowest BCUT2D eigenvalue weighted by molar-refractivity contribution is 0.200. The maximum atomic E-state index is 10.0. The molecular weight excluding hydrogens is 362 g/mol. The molecule has 0 radical (unpaired) electrons. The third kappa shape index (κ3) is 2.90. The monoisotopic (exact) mass is 381 g/mol. The molecule has 6 nitrogen and oxygen atoms in total. The first-order valence-electron chi connectivity index (χ1n) is 9.36. The summed E-state index contributed by atoms with van der Waals surface area (Å²) in [5, 5.41) is 29.8. The summed E-state index contributed by atoms with van der Waals surface area (Å²) in [6, 6.07) is 18.3. The van der Waals surface area contributed by atoms with E-state index in [-0.39, 0.29) is 17.2 Å². The first-order chi connectivity index (χ1) is 14.1. The average molecular weight is 381 g/mol. The average Bonchev–Trinajstić information content (AvgIpc) is 3.28. The van der Waals surface area contributed by atoms with E-state index in [1.807, 2.05) is 24.3 Å². The molecule has 1 aliphatic heterocycles. The molecule has 0 saturated carbocycles. The number of hydrogen-bond donors (Lipinski definition) is 1. The summed E-state index contributed by atoms with van der Waals surface area (Å²) in [5.74, 6) is -0.732. The Balaban J connectivity index is 1.82. The van der Waals surface area contributed by atoms with Crippen LogP contribution in [-0.4, -0.2) is 18.0 Å². The molecule has 0 fully saturated rings. The minimum absolute atomic E-state index is 0.0372. The van der Waals surface area contributed by atoms with Gasteiger partial charge in [-0.2, -0.15) is 15.8 Å². The maximum absolute atomic E-state index is 10.0. The smallest absolute Gasteiger partial charge is 0.191 e. The molecule has 1 aromatic heterocycles. The van der Waals surface area contributed by atoms with Gasteiger partial charge in [-0.15, -0.1) is 0 Å². The number of rotatable bonds is 3. The predicted octanol–water partition coefficient (Wildman–Crippen LogP) is 3.21. The molecule has 0 amide bonds. The zero-order valence-corrected chi connectivity index (χ0v) is 15.7. The molecule has 142 valence electrons. The van der Waals surface area contributed by atoms with Gasteiger partial charge in [0.05, 0.1) is 35.9 Å². The fourth-order valence-electron chi connectivity index (χ4n) is 4.54. The van der Waals surface area contributed by atoms with Crippen molar-refractivity contribution in [2.75, 3.05) is 13.1 Å². The van der Waals surface area contributed by atoms with Crippen molar-refractivity contribution in [1.82, 2.24) is 4.90 Å². The summed E-state index contributed by atoms with van der Waals surface area (Å²) in [6.45, 7) is 2.02. The molecule has 29 heavy (non-hydrogen) atoms. The van der Waals surface area contributed by atoms with Gasteiger partial charge in [0.2, 0.25) is 0 Å². The van der Waals surface area contributed by atoms with Crippen molar-refractivity contribution in [1.29, 1.82) is 15.8 Å². The van der Waals surface area contributed by atoms with E-state index >= 15 is 0 Å². The van der Waals surface area contributed by atoms with Crippen molar-refractivity contribution in [3.05, 3.63) is 83.0 Å². The Bertz CT molecular complexity index is 1080. The van der Waals surface area contributed by atoms with Gasteiger partial charge in [0.15, 0.2) is 5.41 Å². The van der Waals surface area contributed by atoms with E-state index < -0.39 is 11.3 Å². The van der Waals surface area contributed by atoms with Crippen LogP contribution in [0.5, 0.6) is 0 Å². The topological polar surface area (TPSA) is 114 Å². The summed E-state index contributed by atoms with van der Waals surface area (Å²) in [7, 11) is 0. The molecule has 4 rings (SSSR count).